The van der Waals surface area contributed by atoms with Crippen LogP contribution in [0.2, 0.25) is 0 Å². The number of hydrogen-bond donors (Lipinski definition) is 1. The van der Waals surface area contributed by atoms with Gasteiger partial charge in [-0.2, -0.15) is 0 Å². The zero-order valence-corrected chi connectivity index (χ0v) is 33.6. The van der Waals surface area contributed by atoms with Crippen LogP contribution >= 0.6 is 0 Å². The molecule has 0 bridgehead atoms. The first-order chi connectivity index (χ1) is 29.2. The van der Waals surface area contributed by atoms with Crippen molar-refractivity contribution in [3.05, 3.63) is 166 Å². The van der Waals surface area contributed by atoms with Gasteiger partial charge in [-0.15, -0.1) is 0 Å². The number of amides is 1. The molecule has 6 aromatic carbocycles. The molecule has 2 aromatic heterocycles. The van der Waals surface area contributed by atoms with Crippen molar-refractivity contribution in [1.82, 2.24) is 10.3 Å². The highest BCUT2D eigenvalue weighted by Crippen LogP contribution is 2.53. The largest absolute Gasteiger partial charge is 0.507 e. The smallest absolute Gasteiger partial charge is 0.239 e. The number of fused-ring (bicyclic) bond motifs is 7. The van der Waals surface area contributed by atoms with Gasteiger partial charge in [0.25, 0.3) is 0 Å². The molecule has 11 nitrogen and oxygen atoms in total. The number of carbonyl (C=O) groups is 1. The topological polar surface area (TPSA) is 124 Å². The molecule has 0 aliphatic carbocycles. The van der Waals surface area contributed by atoms with Gasteiger partial charge in [0.05, 0.1) is 43.5 Å². The summed E-state index contributed by atoms with van der Waals surface area (Å²) in [6.07, 6.45) is 0. The van der Waals surface area contributed by atoms with E-state index in [1.807, 2.05) is 86.6 Å². The van der Waals surface area contributed by atoms with Gasteiger partial charge < -0.3 is 38.2 Å². The Balaban J connectivity index is 0.000000144. The summed E-state index contributed by atoms with van der Waals surface area (Å²) in [5.41, 5.74) is 11.1. The quantitative estimate of drug-likeness (QED) is 0.167. The van der Waals surface area contributed by atoms with Crippen molar-refractivity contribution in [1.29, 1.82) is 0 Å². The van der Waals surface area contributed by atoms with Gasteiger partial charge in [-0.1, -0.05) is 71.0 Å². The number of anilines is 2. The number of aryl methyl sites for hydroxylation is 2. The Hall–Kier alpha value is -7.27. The van der Waals surface area contributed by atoms with Crippen LogP contribution in [-0.4, -0.2) is 48.7 Å². The Morgan fingerprint density at radius 2 is 1.30 bits per heavy atom. The fraction of sp³-hybridized carbons (Fsp3) is 0.204. The average Bonchev–Trinajstić information content (AvgIpc) is 4.08. The van der Waals surface area contributed by atoms with E-state index >= 15 is 0 Å². The highest BCUT2D eigenvalue weighted by Gasteiger charge is 2.50. The van der Waals surface area contributed by atoms with E-state index < -0.39 is 5.92 Å². The van der Waals surface area contributed by atoms with E-state index in [-0.39, 0.29) is 17.1 Å². The number of hydrogen-bond acceptors (Lipinski definition) is 10. The minimum absolute atomic E-state index is 0.0260. The molecule has 1 N–H and O–H groups in total. The van der Waals surface area contributed by atoms with Gasteiger partial charge in [0.1, 0.15) is 29.6 Å². The van der Waals surface area contributed by atoms with Crippen LogP contribution in [0.1, 0.15) is 50.7 Å². The third-order valence-electron chi connectivity index (χ3n) is 12.2. The van der Waals surface area contributed by atoms with Crippen LogP contribution in [0.15, 0.2) is 130 Å². The standard InChI is InChI=1S/C25H22N2O3.C24H20N2O4/c1-16-19-11-21-24(12-23(19)30-26-16)29-15-25(21)14-27(22-6-4-3-5-20(22)25)13-17-7-9-18(28-2)10-8-17;1-14-18-11-19(21(27)12-22(18)30-25-14)23-17-5-3-4-6-20(17)26(24(23)28)13-15-7-9-16(29-2)10-8-15/h3-12H,13-15H2,1-2H3;3-12,23,27H,13H2,1-2H3. The van der Waals surface area contributed by atoms with Crippen LogP contribution in [0, 0.1) is 13.8 Å². The maximum absolute atomic E-state index is 13.6. The second-order valence-corrected chi connectivity index (χ2v) is 15.6. The molecule has 8 aromatic rings. The van der Waals surface area contributed by atoms with Gasteiger partial charge in [-0.3, -0.25) is 4.79 Å². The number of methoxy groups -OCH3 is 2. The maximum Gasteiger partial charge on any atom is 0.239 e. The Bertz CT molecular complexity index is 2920. The summed E-state index contributed by atoms with van der Waals surface area (Å²) in [6, 6.07) is 39.9. The molecule has 300 valence electrons. The molecule has 0 fully saturated rings. The first-order valence-electron chi connectivity index (χ1n) is 19.9. The normalized spacial score (nSPS) is 17.4. The van der Waals surface area contributed by atoms with Crippen LogP contribution in [0.25, 0.3) is 21.9 Å². The van der Waals surface area contributed by atoms with Crippen LogP contribution in [-0.2, 0) is 23.3 Å². The van der Waals surface area contributed by atoms with E-state index in [9.17, 15) is 9.90 Å². The molecular formula is C49H42N4O7. The predicted molar refractivity (Wildman–Crippen MR) is 228 cm³/mol. The van der Waals surface area contributed by atoms with E-state index in [0.717, 1.165) is 74.9 Å². The third-order valence-corrected chi connectivity index (χ3v) is 12.2. The number of nitrogens with zero attached hydrogens (tertiary/aromatic N) is 4. The molecule has 11 rings (SSSR count). The Labute approximate surface area is 346 Å². The SMILES string of the molecule is COc1ccc(CN2C(=O)C(c3cc4c(C)noc4cc3O)c3ccccc32)cc1.COc1ccc(CN2CC3(COc4cc5onc(C)c5cc43)c3ccccc32)cc1. The molecule has 0 radical (unpaired) electrons. The Kier molecular flexibility index (Phi) is 8.97. The Morgan fingerprint density at radius 1 is 0.700 bits per heavy atom. The summed E-state index contributed by atoms with van der Waals surface area (Å²) >= 11 is 0. The molecule has 5 heterocycles. The third kappa shape index (κ3) is 6.07. The molecule has 1 amide bonds. The number of aromatic nitrogens is 2. The van der Waals surface area contributed by atoms with E-state index in [1.54, 1.807) is 19.1 Å². The number of rotatable bonds is 7. The van der Waals surface area contributed by atoms with Gasteiger partial charge in [-0.25, -0.2) is 0 Å². The molecular weight excluding hydrogens is 757 g/mol. The fourth-order valence-corrected chi connectivity index (χ4v) is 9.06. The first-order valence-corrected chi connectivity index (χ1v) is 19.9. The van der Waals surface area contributed by atoms with E-state index in [0.29, 0.717) is 24.3 Å². The zero-order valence-electron chi connectivity index (χ0n) is 33.6. The molecule has 3 aliphatic heterocycles. The average molecular weight is 799 g/mol. The van der Waals surface area contributed by atoms with Gasteiger partial charge in [0, 0.05) is 58.5 Å². The lowest BCUT2D eigenvalue weighted by molar-refractivity contribution is -0.118. The summed E-state index contributed by atoms with van der Waals surface area (Å²) in [6.45, 7) is 6.61. The molecule has 60 heavy (non-hydrogen) atoms. The molecule has 2 unspecified atom stereocenters. The van der Waals surface area contributed by atoms with Crippen molar-refractivity contribution in [3.63, 3.8) is 0 Å². The molecule has 0 saturated carbocycles. The van der Waals surface area contributed by atoms with Crippen LogP contribution in [0.5, 0.6) is 23.0 Å². The predicted octanol–water partition coefficient (Wildman–Crippen LogP) is 9.37. The number of ether oxygens (including phenoxy) is 3. The summed E-state index contributed by atoms with van der Waals surface area (Å²) in [5, 5.41) is 20.6. The lowest BCUT2D eigenvalue weighted by Crippen LogP contribution is -2.35. The molecule has 2 atom stereocenters. The molecule has 1 spiro atoms. The van der Waals surface area contributed by atoms with E-state index in [1.165, 1.54) is 28.4 Å². The van der Waals surface area contributed by atoms with Crippen LogP contribution in [0.4, 0.5) is 11.4 Å². The van der Waals surface area contributed by atoms with E-state index in [2.05, 4.69) is 57.7 Å². The van der Waals surface area contributed by atoms with E-state index in [4.69, 9.17) is 23.3 Å². The van der Waals surface area contributed by atoms with Crippen molar-refractivity contribution < 1.29 is 33.2 Å². The van der Waals surface area contributed by atoms with Crippen molar-refractivity contribution in [3.8, 4) is 23.0 Å². The summed E-state index contributed by atoms with van der Waals surface area (Å²) < 4.78 is 27.4. The molecule has 3 aliphatic rings. The van der Waals surface area contributed by atoms with Gasteiger partial charge in [0.2, 0.25) is 5.91 Å². The highest BCUT2D eigenvalue weighted by atomic mass is 16.5. The van der Waals surface area contributed by atoms with Crippen molar-refractivity contribution in [2.45, 2.75) is 38.3 Å². The van der Waals surface area contributed by atoms with Crippen molar-refractivity contribution in [2.75, 3.05) is 37.2 Å². The number of benzene rings is 6. The summed E-state index contributed by atoms with van der Waals surface area (Å²) in [4.78, 5) is 17.8. The first kappa shape index (κ1) is 37.0. The second-order valence-electron chi connectivity index (χ2n) is 15.6. The monoisotopic (exact) mass is 798 g/mol. The number of para-hydroxylation sites is 2. The second kappa shape index (κ2) is 14.5. The van der Waals surface area contributed by atoms with Crippen LogP contribution < -0.4 is 24.0 Å². The lowest BCUT2D eigenvalue weighted by Gasteiger charge is -2.25. The summed E-state index contributed by atoms with van der Waals surface area (Å²) in [7, 11) is 3.32. The van der Waals surface area contributed by atoms with Gasteiger partial charge >= 0.3 is 0 Å². The molecule has 11 heteroatoms. The lowest BCUT2D eigenvalue weighted by atomic mass is 9.77. The Morgan fingerprint density at radius 3 is 1.98 bits per heavy atom. The van der Waals surface area contributed by atoms with Gasteiger partial charge in [0.15, 0.2) is 11.2 Å². The maximum atomic E-state index is 13.6. The van der Waals surface area contributed by atoms with Crippen molar-refractivity contribution in [2.24, 2.45) is 0 Å². The number of phenols is 1. The minimum Gasteiger partial charge on any atom is -0.507 e. The van der Waals surface area contributed by atoms with Gasteiger partial charge in [-0.05, 0) is 84.6 Å². The van der Waals surface area contributed by atoms with Crippen LogP contribution in [0.3, 0.4) is 0 Å². The number of aromatic hydroxyl groups is 1. The number of carbonyl (C=O) groups excluding carboxylic acids is 1. The molecule has 0 saturated heterocycles. The summed E-state index contributed by atoms with van der Waals surface area (Å²) in [5.74, 6) is 1.92. The van der Waals surface area contributed by atoms with Crippen molar-refractivity contribution >= 4 is 39.2 Å². The zero-order chi connectivity index (χ0) is 41.1. The fourth-order valence-electron chi connectivity index (χ4n) is 9.06. The highest BCUT2D eigenvalue weighted by molar-refractivity contribution is 6.07. The number of phenolic OH excluding ortho intramolecular Hbond substituents is 1. The minimum atomic E-state index is -0.585.